The Morgan fingerprint density at radius 3 is 3.00 bits per heavy atom. The molecule has 1 aliphatic heterocycles. The minimum absolute atomic E-state index is 0.0189. The number of aromatic nitrogens is 2. The summed E-state index contributed by atoms with van der Waals surface area (Å²) >= 11 is 0. The summed E-state index contributed by atoms with van der Waals surface area (Å²) in [6.45, 7) is 1.08. The Hall–Kier alpha value is -1.25. The van der Waals surface area contributed by atoms with Crippen molar-refractivity contribution in [2.24, 2.45) is 0 Å². The number of hydrogen-bond acceptors (Lipinski definition) is 6. The third-order valence-electron chi connectivity index (χ3n) is 3.01. The lowest BCUT2D eigenvalue weighted by molar-refractivity contribution is 0.185. The highest BCUT2D eigenvalue weighted by molar-refractivity contribution is 7.51. The van der Waals surface area contributed by atoms with E-state index in [0.29, 0.717) is 24.5 Å². The Labute approximate surface area is 114 Å². The van der Waals surface area contributed by atoms with Crippen LogP contribution in [0.1, 0.15) is 11.6 Å². The fourth-order valence-electron chi connectivity index (χ4n) is 2.15. The molecule has 0 saturated carbocycles. The molecule has 0 radical (unpaired) electrons. The molecule has 0 aromatic carbocycles. The monoisotopic (exact) mass is 304 g/mol. The molecule has 0 fully saturated rings. The van der Waals surface area contributed by atoms with E-state index >= 15 is 0 Å². The standard InChI is InChI=1S/C10H17N4O5P/c15-7(4-20(17,18)19)3-11-1-6-2-12-9-8(6)13-5-14-10(9)16/h5-7,11-12,15H,1-4H2,(H,13,14,16)(H2,17,18,19)/t6?,7-/m0/s1. The molecule has 0 spiro atoms. The first-order chi connectivity index (χ1) is 9.37. The maximum absolute atomic E-state index is 11.5. The predicted octanol–water partition coefficient (Wildman–Crippen LogP) is -1.59. The van der Waals surface area contributed by atoms with E-state index in [1.807, 2.05) is 0 Å². The van der Waals surface area contributed by atoms with Gasteiger partial charge in [-0.2, -0.15) is 0 Å². The van der Waals surface area contributed by atoms with E-state index in [1.165, 1.54) is 6.33 Å². The molecule has 1 aromatic heterocycles. The van der Waals surface area contributed by atoms with Crippen molar-refractivity contribution in [3.8, 4) is 0 Å². The zero-order valence-electron chi connectivity index (χ0n) is 10.6. The van der Waals surface area contributed by atoms with Crippen LogP contribution in [0, 0.1) is 0 Å². The highest BCUT2D eigenvalue weighted by atomic mass is 31.2. The molecule has 20 heavy (non-hydrogen) atoms. The summed E-state index contributed by atoms with van der Waals surface area (Å²) in [5, 5.41) is 15.3. The number of hydrogen-bond donors (Lipinski definition) is 6. The molecular weight excluding hydrogens is 287 g/mol. The number of aliphatic hydroxyl groups is 1. The first-order valence-corrected chi connectivity index (χ1v) is 7.91. The van der Waals surface area contributed by atoms with Crippen molar-refractivity contribution in [3.05, 3.63) is 22.4 Å². The van der Waals surface area contributed by atoms with Gasteiger partial charge >= 0.3 is 7.60 Å². The predicted molar refractivity (Wildman–Crippen MR) is 71.9 cm³/mol. The van der Waals surface area contributed by atoms with Gasteiger partial charge in [0.1, 0.15) is 5.69 Å². The summed E-state index contributed by atoms with van der Waals surface area (Å²) in [6, 6.07) is 0. The van der Waals surface area contributed by atoms with E-state index < -0.39 is 19.9 Å². The van der Waals surface area contributed by atoms with E-state index in [0.717, 1.165) is 0 Å². The van der Waals surface area contributed by atoms with E-state index in [-0.39, 0.29) is 18.0 Å². The summed E-state index contributed by atoms with van der Waals surface area (Å²) in [5.74, 6) is -0.0189. The average molecular weight is 304 g/mol. The molecule has 2 rings (SSSR count). The summed E-state index contributed by atoms with van der Waals surface area (Å²) in [7, 11) is -4.21. The molecule has 1 aliphatic rings. The number of fused-ring (bicyclic) bond motifs is 1. The maximum atomic E-state index is 11.5. The fourth-order valence-corrected chi connectivity index (χ4v) is 2.83. The maximum Gasteiger partial charge on any atom is 0.328 e. The number of H-pyrrole nitrogens is 1. The zero-order chi connectivity index (χ0) is 14.8. The van der Waals surface area contributed by atoms with Gasteiger partial charge in [-0.3, -0.25) is 9.36 Å². The average Bonchev–Trinajstić information content (AvgIpc) is 2.72. The van der Waals surface area contributed by atoms with Crippen LogP contribution in [0.15, 0.2) is 11.1 Å². The largest absolute Gasteiger partial charge is 0.391 e. The van der Waals surface area contributed by atoms with Gasteiger partial charge in [-0.15, -0.1) is 0 Å². The normalized spacial score (nSPS) is 19.4. The van der Waals surface area contributed by atoms with E-state index in [9.17, 15) is 14.5 Å². The summed E-state index contributed by atoms with van der Waals surface area (Å²) < 4.78 is 10.7. The molecule has 1 unspecified atom stereocenters. The van der Waals surface area contributed by atoms with Crippen molar-refractivity contribution in [2.75, 3.05) is 31.1 Å². The topological polar surface area (TPSA) is 148 Å². The van der Waals surface area contributed by atoms with Gasteiger partial charge in [0.05, 0.1) is 24.3 Å². The molecule has 112 valence electrons. The Balaban J connectivity index is 1.84. The van der Waals surface area contributed by atoms with Crippen molar-refractivity contribution in [1.82, 2.24) is 15.3 Å². The highest BCUT2D eigenvalue weighted by Gasteiger charge is 2.26. The van der Waals surface area contributed by atoms with Gasteiger partial charge in [-0.1, -0.05) is 0 Å². The molecule has 0 aliphatic carbocycles. The lowest BCUT2D eigenvalue weighted by Gasteiger charge is -2.15. The molecule has 9 nitrogen and oxygen atoms in total. The second-order valence-electron chi connectivity index (χ2n) is 4.73. The van der Waals surface area contributed by atoms with Gasteiger partial charge in [-0.05, 0) is 0 Å². The number of rotatable bonds is 6. The molecule has 0 amide bonds. The first-order valence-electron chi connectivity index (χ1n) is 6.11. The van der Waals surface area contributed by atoms with Crippen LogP contribution in [0.25, 0.3) is 0 Å². The van der Waals surface area contributed by atoms with Crippen LogP contribution in [0.5, 0.6) is 0 Å². The van der Waals surface area contributed by atoms with Crippen molar-refractivity contribution in [2.45, 2.75) is 12.0 Å². The van der Waals surface area contributed by atoms with Crippen LogP contribution in [0.3, 0.4) is 0 Å². The Morgan fingerprint density at radius 2 is 2.30 bits per heavy atom. The lowest BCUT2D eigenvalue weighted by atomic mass is 10.1. The SMILES string of the molecule is O=c1[nH]cnc2c1NCC2CNC[C@H](O)CP(=O)(O)O. The van der Waals surface area contributed by atoms with E-state index in [4.69, 9.17) is 9.79 Å². The van der Waals surface area contributed by atoms with Crippen LogP contribution in [0.4, 0.5) is 5.69 Å². The van der Waals surface area contributed by atoms with Gasteiger partial charge in [0.2, 0.25) is 0 Å². The van der Waals surface area contributed by atoms with Gasteiger partial charge in [0.25, 0.3) is 5.56 Å². The minimum atomic E-state index is -4.21. The van der Waals surface area contributed by atoms with Gasteiger partial charge in [0.15, 0.2) is 0 Å². The van der Waals surface area contributed by atoms with Crippen LogP contribution in [-0.4, -0.2) is 56.8 Å². The Morgan fingerprint density at radius 1 is 1.55 bits per heavy atom. The number of nitrogens with one attached hydrogen (secondary N) is 3. The number of anilines is 1. The third kappa shape index (κ3) is 3.87. The summed E-state index contributed by atoms with van der Waals surface area (Å²) in [6.07, 6.45) is -0.349. The van der Waals surface area contributed by atoms with Crippen LogP contribution >= 0.6 is 7.60 Å². The van der Waals surface area contributed by atoms with E-state index in [1.54, 1.807) is 0 Å². The van der Waals surface area contributed by atoms with Gasteiger partial charge < -0.3 is 30.5 Å². The van der Waals surface area contributed by atoms with Gasteiger partial charge in [0, 0.05) is 25.6 Å². The number of aromatic amines is 1. The fraction of sp³-hybridized carbons (Fsp3) is 0.600. The highest BCUT2D eigenvalue weighted by Crippen LogP contribution is 2.34. The Bertz CT molecular complexity index is 571. The summed E-state index contributed by atoms with van der Waals surface area (Å²) in [5.41, 5.74) is 0.889. The molecule has 0 bridgehead atoms. The molecule has 1 aromatic rings. The quantitative estimate of drug-likeness (QED) is 0.345. The van der Waals surface area contributed by atoms with Crippen LogP contribution < -0.4 is 16.2 Å². The molecule has 2 heterocycles. The number of aliphatic hydroxyl groups excluding tert-OH is 1. The second kappa shape index (κ2) is 6.02. The smallest absolute Gasteiger partial charge is 0.328 e. The third-order valence-corrected chi connectivity index (χ3v) is 3.91. The van der Waals surface area contributed by atoms with Crippen molar-refractivity contribution in [3.63, 3.8) is 0 Å². The van der Waals surface area contributed by atoms with E-state index in [2.05, 4.69) is 20.6 Å². The number of nitrogens with zero attached hydrogens (tertiary/aromatic N) is 1. The Kier molecular flexibility index (Phi) is 4.56. The molecule has 2 atom stereocenters. The van der Waals surface area contributed by atoms with Crippen molar-refractivity contribution < 1.29 is 19.5 Å². The van der Waals surface area contributed by atoms with Crippen molar-refractivity contribution in [1.29, 1.82) is 0 Å². The molecule has 10 heteroatoms. The van der Waals surface area contributed by atoms with Gasteiger partial charge in [-0.25, -0.2) is 4.98 Å². The minimum Gasteiger partial charge on any atom is -0.391 e. The lowest BCUT2D eigenvalue weighted by Crippen LogP contribution is -2.32. The molecule has 6 N–H and O–H groups in total. The van der Waals surface area contributed by atoms with Crippen molar-refractivity contribution >= 4 is 13.3 Å². The molecular formula is C10H17N4O5P. The zero-order valence-corrected chi connectivity index (χ0v) is 11.5. The van der Waals surface area contributed by atoms with Crippen LogP contribution in [-0.2, 0) is 4.57 Å². The van der Waals surface area contributed by atoms with Crippen LogP contribution in [0.2, 0.25) is 0 Å². The summed E-state index contributed by atoms with van der Waals surface area (Å²) in [4.78, 5) is 35.5. The first kappa shape index (κ1) is 15.1. The molecule has 0 saturated heterocycles. The second-order valence-corrected chi connectivity index (χ2v) is 6.42.